The molecular formula is C16H21N5O. The Morgan fingerprint density at radius 1 is 1.09 bits per heavy atom. The third-order valence-electron chi connectivity index (χ3n) is 3.94. The van der Waals surface area contributed by atoms with E-state index in [0.29, 0.717) is 5.88 Å². The number of hydrogen-bond acceptors (Lipinski definition) is 6. The van der Waals surface area contributed by atoms with Gasteiger partial charge in [-0.25, -0.2) is 9.97 Å². The van der Waals surface area contributed by atoms with Crippen LogP contribution >= 0.6 is 0 Å². The van der Waals surface area contributed by atoms with Gasteiger partial charge in [0.1, 0.15) is 12.1 Å². The number of aromatic nitrogens is 3. The van der Waals surface area contributed by atoms with E-state index < -0.39 is 0 Å². The Balaban J connectivity index is 1.49. The van der Waals surface area contributed by atoms with Crippen molar-refractivity contribution in [2.45, 2.75) is 6.42 Å². The van der Waals surface area contributed by atoms with Gasteiger partial charge in [-0.1, -0.05) is 6.07 Å². The molecule has 0 bridgehead atoms. The molecule has 0 aromatic carbocycles. The fraction of sp³-hybridized carbons (Fsp3) is 0.438. The van der Waals surface area contributed by atoms with Crippen LogP contribution in [0.4, 0.5) is 5.82 Å². The number of methoxy groups -OCH3 is 1. The molecule has 6 heteroatoms. The summed E-state index contributed by atoms with van der Waals surface area (Å²) >= 11 is 0. The number of pyridine rings is 1. The van der Waals surface area contributed by atoms with E-state index in [1.165, 1.54) is 0 Å². The van der Waals surface area contributed by atoms with Gasteiger partial charge in [0, 0.05) is 57.1 Å². The van der Waals surface area contributed by atoms with Gasteiger partial charge < -0.3 is 9.64 Å². The predicted octanol–water partition coefficient (Wildman–Crippen LogP) is 1.24. The third-order valence-corrected chi connectivity index (χ3v) is 3.94. The van der Waals surface area contributed by atoms with Crippen LogP contribution in [0.25, 0.3) is 0 Å². The van der Waals surface area contributed by atoms with Gasteiger partial charge in [-0.3, -0.25) is 9.88 Å². The van der Waals surface area contributed by atoms with E-state index in [4.69, 9.17) is 4.74 Å². The molecule has 1 aliphatic heterocycles. The van der Waals surface area contributed by atoms with E-state index in [1.807, 2.05) is 24.4 Å². The maximum atomic E-state index is 5.16. The molecule has 0 spiro atoms. The van der Waals surface area contributed by atoms with Crippen molar-refractivity contribution in [2.24, 2.45) is 0 Å². The van der Waals surface area contributed by atoms with Crippen LogP contribution in [0.5, 0.6) is 5.88 Å². The monoisotopic (exact) mass is 299 g/mol. The van der Waals surface area contributed by atoms with Crippen LogP contribution in [0, 0.1) is 0 Å². The molecule has 0 saturated carbocycles. The van der Waals surface area contributed by atoms with E-state index in [-0.39, 0.29) is 0 Å². The van der Waals surface area contributed by atoms with Gasteiger partial charge in [-0.15, -0.1) is 0 Å². The number of ether oxygens (including phenoxy) is 1. The Morgan fingerprint density at radius 3 is 2.68 bits per heavy atom. The summed E-state index contributed by atoms with van der Waals surface area (Å²) < 4.78 is 5.16. The van der Waals surface area contributed by atoms with Crippen molar-refractivity contribution in [3.63, 3.8) is 0 Å². The third kappa shape index (κ3) is 3.71. The van der Waals surface area contributed by atoms with E-state index in [2.05, 4.69) is 30.8 Å². The molecule has 3 heterocycles. The maximum absolute atomic E-state index is 5.16. The highest BCUT2D eigenvalue weighted by atomic mass is 16.5. The molecule has 2 aromatic rings. The zero-order chi connectivity index (χ0) is 15.2. The first-order chi connectivity index (χ1) is 10.8. The minimum atomic E-state index is 0.614. The number of nitrogens with zero attached hydrogens (tertiary/aromatic N) is 5. The Hall–Kier alpha value is -2.21. The molecular weight excluding hydrogens is 278 g/mol. The predicted molar refractivity (Wildman–Crippen MR) is 85.2 cm³/mol. The molecule has 0 amide bonds. The van der Waals surface area contributed by atoms with Crippen molar-refractivity contribution in [2.75, 3.05) is 44.7 Å². The summed E-state index contributed by atoms with van der Waals surface area (Å²) in [5.74, 6) is 1.55. The molecule has 2 aromatic heterocycles. The van der Waals surface area contributed by atoms with Crippen LogP contribution in [0.2, 0.25) is 0 Å². The molecule has 0 atom stereocenters. The van der Waals surface area contributed by atoms with Crippen LogP contribution in [-0.4, -0.2) is 59.7 Å². The lowest BCUT2D eigenvalue weighted by molar-refractivity contribution is 0.259. The Labute approximate surface area is 130 Å². The second-order valence-corrected chi connectivity index (χ2v) is 5.32. The SMILES string of the molecule is COc1cc(N2CCN(CCc3ccccn3)CC2)ncn1. The van der Waals surface area contributed by atoms with Crippen LogP contribution in [0.15, 0.2) is 36.8 Å². The smallest absolute Gasteiger partial charge is 0.218 e. The summed E-state index contributed by atoms with van der Waals surface area (Å²) in [6.45, 7) is 5.08. The molecule has 1 fully saturated rings. The highest BCUT2D eigenvalue weighted by Gasteiger charge is 2.18. The fourth-order valence-electron chi connectivity index (χ4n) is 2.63. The van der Waals surface area contributed by atoms with E-state index in [9.17, 15) is 0 Å². The van der Waals surface area contributed by atoms with E-state index >= 15 is 0 Å². The van der Waals surface area contributed by atoms with Crippen molar-refractivity contribution < 1.29 is 4.74 Å². The average Bonchev–Trinajstić information content (AvgIpc) is 2.61. The van der Waals surface area contributed by atoms with Gasteiger partial charge in [-0.2, -0.15) is 0 Å². The van der Waals surface area contributed by atoms with Gasteiger partial charge in [-0.05, 0) is 12.1 Å². The van der Waals surface area contributed by atoms with Gasteiger partial charge in [0.15, 0.2) is 0 Å². The summed E-state index contributed by atoms with van der Waals surface area (Å²) in [6, 6.07) is 7.98. The molecule has 0 unspecified atom stereocenters. The first-order valence-electron chi connectivity index (χ1n) is 7.58. The van der Waals surface area contributed by atoms with Gasteiger partial charge in [0.25, 0.3) is 0 Å². The minimum absolute atomic E-state index is 0.614. The first kappa shape index (κ1) is 14.7. The van der Waals surface area contributed by atoms with Crippen molar-refractivity contribution in [3.05, 3.63) is 42.5 Å². The lowest BCUT2D eigenvalue weighted by Crippen LogP contribution is -2.47. The van der Waals surface area contributed by atoms with Crippen LogP contribution in [-0.2, 0) is 6.42 Å². The van der Waals surface area contributed by atoms with E-state index in [0.717, 1.165) is 50.7 Å². The van der Waals surface area contributed by atoms with Crippen molar-refractivity contribution >= 4 is 5.82 Å². The molecule has 0 aliphatic carbocycles. The Bertz CT molecular complexity index is 584. The zero-order valence-corrected chi connectivity index (χ0v) is 12.9. The second-order valence-electron chi connectivity index (χ2n) is 5.32. The number of hydrogen-bond donors (Lipinski definition) is 0. The van der Waals surface area contributed by atoms with Gasteiger partial charge in [0.2, 0.25) is 5.88 Å². The summed E-state index contributed by atoms with van der Waals surface area (Å²) in [5, 5.41) is 0. The normalized spacial score (nSPS) is 15.8. The Morgan fingerprint density at radius 2 is 1.95 bits per heavy atom. The zero-order valence-electron chi connectivity index (χ0n) is 12.9. The standard InChI is InChI=1S/C16H21N5O/c1-22-16-12-15(18-13-19-16)21-10-8-20(9-11-21)7-5-14-4-2-3-6-17-14/h2-4,6,12-13H,5,7-11H2,1H3. The molecule has 0 N–H and O–H groups in total. The van der Waals surface area contributed by atoms with Crippen LogP contribution in [0.3, 0.4) is 0 Å². The lowest BCUT2D eigenvalue weighted by atomic mass is 10.2. The van der Waals surface area contributed by atoms with Crippen LogP contribution in [0.1, 0.15) is 5.69 Å². The minimum Gasteiger partial charge on any atom is -0.481 e. The van der Waals surface area contributed by atoms with Crippen molar-refractivity contribution in [1.29, 1.82) is 0 Å². The first-order valence-corrected chi connectivity index (χ1v) is 7.58. The molecule has 0 radical (unpaired) electrons. The number of rotatable bonds is 5. The molecule has 3 rings (SSSR count). The highest BCUT2D eigenvalue weighted by molar-refractivity contribution is 5.41. The van der Waals surface area contributed by atoms with Gasteiger partial charge in [0.05, 0.1) is 7.11 Å². The number of anilines is 1. The average molecular weight is 299 g/mol. The van der Waals surface area contributed by atoms with Crippen molar-refractivity contribution in [3.8, 4) is 5.88 Å². The number of piperazine rings is 1. The summed E-state index contributed by atoms with van der Waals surface area (Å²) in [4.78, 5) is 17.5. The lowest BCUT2D eigenvalue weighted by Gasteiger charge is -2.35. The van der Waals surface area contributed by atoms with Crippen molar-refractivity contribution in [1.82, 2.24) is 19.9 Å². The quantitative estimate of drug-likeness (QED) is 0.828. The topological polar surface area (TPSA) is 54.4 Å². The second kappa shape index (κ2) is 7.17. The fourth-order valence-corrected chi connectivity index (χ4v) is 2.63. The molecule has 1 aliphatic rings. The van der Waals surface area contributed by atoms with E-state index in [1.54, 1.807) is 13.4 Å². The summed E-state index contributed by atoms with van der Waals surface area (Å²) in [5.41, 5.74) is 1.16. The Kier molecular flexibility index (Phi) is 4.80. The molecule has 6 nitrogen and oxygen atoms in total. The molecule has 22 heavy (non-hydrogen) atoms. The summed E-state index contributed by atoms with van der Waals surface area (Å²) in [6.07, 6.45) is 4.42. The van der Waals surface area contributed by atoms with Gasteiger partial charge >= 0.3 is 0 Å². The summed E-state index contributed by atoms with van der Waals surface area (Å²) in [7, 11) is 1.63. The molecule has 116 valence electrons. The maximum Gasteiger partial charge on any atom is 0.218 e. The largest absolute Gasteiger partial charge is 0.481 e. The molecule has 1 saturated heterocycles. The van der Waals surface area contributed by atoms with Crippen LogP contribution < -0.4 is 9.64 Å². The highest BCUT2D eigenvalue weighted by Crippen LogP contribution is 2.17.